The zero-order chi connectivity index (χ0) is 19.7. The summed E-state index contributed by atoms with van der Waals surface area (Å²) in [5, 5.41) is 22.6. The molecule has 0 aliphatic carbocycles. The van der Waals surface area contributed by atoms with Crippen LogP contribution < -0.4 is 16.7 Å². The van der Waals surface area contributed by atoms with Gasteiger partial charge in [-0.05, 0) is 12.1 Å². The van der Waals surface area contributed by atoms with Gasteiger partial charge in [-0.3, -0.25) is 18.7 Å². The Morgan fingerprint density at radius 2 is 2.00 bits per heavy atom. The Labute approximate surface area is 151 Å². The minimum atomic E-state index is -0.559. The van der Waals surface area contributed by atoms with E-state index in [-0.39, 0.29) is 29.2 Å². The molecule has 3 N–H and O–H groups in total. The van der Waals surface area contributed by atoms with Gasteiger partial charge < -0.3 is 14.8 Å². The SMILES string of the molecule is Cn1c(=O)c2c(ncn2CC(=O)NN=Cc2ccc(O)cc2O)n(C)c1=O. The Morgan fingerprint density at radius 3 is 2.70 bits per heavy atom. The molecule has 0 aliphatic heterocycles. The van der Waals surface area contributed by atoms with E-state index in [1.54, 1.807) is 0 Å². The summed E-state index contributed by atoms with van der Waals surface area (Å²) in [6, 6.07) is 3.93. The molecule has 0 bridgehead atoms. The Balaban J connectivity index is 1.80. The van der Waals surface area contributed by atoms with Crippen molar-refractivity contribution in [3.63, 3.8) is 0 Å². The fourth-order valence-corrected chi connectivity index (χ4v) is 2.52. The fraction of sp³-hybridized carbons (Fsp3) is 0.188. The van der Waals surface area contributed by atoms with E-state index in [1.807, 2.05) is 0 Å². The van der Waals surface area contributed by atoms with E-state index < -0.39 is 17.2 Å². The highest BCUT2D eigenvalue weighted by molar-refractivity contribution is 5.85. The summed E-state index contributed by atoms with van der Waals surface area (Å²) in [6.07, 6.45) is 2.50. The number of fused-ring (bicyclic) bond motifs is 1. The predicted octanol–water partition coefficient (Wildman–Crippen LogP) is -1.00. The fourth-order valence-electron chi connectivity index (χ4n) is 2.52. The van der Waals surface area contributed by atoms with Gasteiger partial charge in [0.1, 0.15) is 18.0 Å². The molecule has 140 valence electrons. The Kier molecular flexibility index (Phi) is 4.50. The Hall–Kier alpha value is -3.89. The summed E-state index contributed by atoms with van der Waals surface area (Å²) in [7, 11) is 2.83. The standard InChI is InChI=1S/C16H16N6O5/c1-20-14-13(15(26)21(2)16(20)27)22(8-17-14)7-12(25)19-18-6-9-3-4-10(23)5-11(9)24/h3-6,8,23-24H,7H2,1-2H3,(H,19,25). The molecule has 0 spiro atoms. The van der Waals surface area contributed by atoms with Crippen LogP contribution in [0.4, 0.5) is 0 Å². The normalized spacial score (nSPS) is 11.3. The number of nitrogens with zero attached hydrogens (tertiary/aromatic N) is 5. The van der Waals surface area contributed by atoms with Crippen LogP contribution in [-0.2, 0) is 25.4 Å². The van der Waals surface area contributed by atoms with Crippen LogP contribution in [0.1, 0.15) is 5.56 Å². The van der Waals surface area contributed by atoms with E-state index in [2.05, 4.69) is 15.5 Å². The van der Waals surface area contributed by atoms with Gasteiger partial charge in [-0.25, -0.2) is 15.2 Å². The number of hydrogen-bond donors (Lipinski definition) is 3. The molecule has 3 rings (SSSR count). The smallest absolute Gasteiger partial charge is 0.332 e. The van der Waals surface area contributed by atoms with Crippen molar-refractivity contribution in [1.29, 1.82) is 0 Å². The van der Waals surface area contributed by atoms with Crippen molar-refractivity contribution in [2.45, 2.75) is 6.54 Å². The van der Waals surface area contributed by atoms with Crippen LogP contribution in [0.15, 0.2) is 39.2 Å². The first-order valence-electron chi connectivity index (χ1n) is 7.74. The van der Waals surface area contributed by atoms with Crippen LogP contribution in [0, 0.1) is 0 Å². The van der Waals surface area contributed by atoms with Gasteiger partial charge in [0.15, 0.2) is 11.2 Å². The van der Waals surface area contributed by atoms with Crippen molar-refractivity contribution in [2.75, 3.05) is 0 Å². The molecular weight excluding hydrogens is 356 g/mol. The minimum absolute atomic E-state index is 0.100. The summed E-state index contributed by atoms with van der Waals surface area (Å²) in [5.41, 5.74) is 1.79. The highest BCUT2D eigenvalue weighted by Crippen LogP contribution is 2.20. The first-order valence-corrected chi connectivity index (χ1v) is 7.74. The second-order valence-electron chi connectivity index (χ2n) is 5.79. The van der Waals surface area contributed by atoms with Crippen molar-refractivity contribution in [1.82, 2.24) is 24.1 Å². The number of nitrogens with one attached hydrogen (secondary N) is 1. The molecule has 1 aromatic carbocycles. The molecule has 0 saturated heterocycles. The Morgan fingerprint density at radius 1 is 1.26 bits per heavy atom. The summed E-state index contributed by atoms with van der Waals surface area (Å²) >= 11 is 0. The number of aromatic nitrogens is 4. The van der Waals surface area contributed by atoms with Crippen LogP contribution in [0.3, 0.4) is 0 Å². The number of aromatic hydroxyl groups is 2. The topological polar surface area (TPSA) is 144 Å². The van der Waals surface area contributed by atoms with E-state index in [4.69, 9.17) is 0 Å². The van der Waals surface area contributed by atoms with Gasteiger partial charge in [0.2, 0.25) is 0 Å². The first kappa shape index (κ1) is 17.9. The lowest BCUT2D eigenvalue weighted by Crippen LogP contribution is -2.38. The summed E-state index contributed by atoms with van der Waals surface area (Å²) in [5.74, 6) is -0.839. The average Bonchev–Trinajstić information content (AvgIpc) is 3.03. The van der Waals surface area contributed by atoms with Gasteiger partial charge in [-0.2, -0.15) is 5.10 Å². The number of phenolic OH excluding ortho intramolecular Hbond substituents is 2. The van der Waals surface area contributed by atoms with Crippen LogP contribution in [0.2, 0.25) is 0 Å². The number of benzene rings is 1. The molecular formula is C16H16N6O5. The molecule has 2 aromatic heterocycles. The van der Waals surface area contributed by atoms with E-state index in [9.17, 15) is 24.6 Å². The number of imidazole rings is 1. The van der Waals surface area contributed by atoms with E-state index >= 15 is 0 Å². The largest absolute Gasteiger partial charge is 0.508 e. The lowest BCUT2D eigenvalue weighted by atomic mass is 10.2. The number of aryl methyl sites for hydroxylation is 1. The van der Waals surface area contributed by atoms with Crippen LogP contribution in [0.5, 0.6) is 11.5 Å². The van der Waals surface area contributed by atoms with Gasteiger partial charge in [0, 0.05) is 25.7 Å². The van der Waals surface area contributed by atoms with E-state index in [0.29, 0.717) is 5.56 Å². The average molecular weight is 372 g/mol. The number of carbonyl (C=O) groups excluding carboxylic acids is 1. The highest BCUT2D eigenvalue weighted by Gasteiger charge is 2.15. The molecule has 0 unspecified atom stereocenters. The van der Waals surface area contributed by atoms with E-state index in [1.165, 1.54) is 47.9 Å². The third-order valence-electron chi connectivity index (χ3n) is 3.94. The monoisotopic (exact) mass is 372 g/mol. The maximum absolute atomic E-state index is 12.3. The van der Waals surface area contributed by atoms with Crippen LogP contribution in [0.25, 0.3) is 11.2 Å². The molecule has 0 atom stereocenters. The predicted molar refractivity (Wildman–Crippen MR) is 95.7 cm³/mol. The second kappa shape index (κ2) is 6.78. The molecule has 3 aromatic rings. The molecule has 0 aliphatic rings. The number of phenols is 2. The molecule has 11 nitrogen and oxygen atoms in total. The minimum Gasteiger partial charge on any atom is -0.508 e. The van der Waals surface area contributed by atoms with Gasteiger partial charge >= 0.3 is 5.69 Å². The van der Waals surface area contributed by atoms with Crippen molar-refractivity contribution in [3.05, 3.63) is 50.9 Å². The summed E-state index contributed by atoms with van der Waals surface area (Å²) in [6.45, 7) is -0.247. The highest BCUT2D eigenvalue weighted by atomic mass is 16.3. The molecule has 27 heavy (non-hydrogen) atoms. The molecule has 11 heteroatoms. The molecule has 2 heterocycles. The van der Waals surface area contributed by atoms with E-state index in [0.717, 1.165) is 10.6 Å². The van der Waals surface area contributed by atoms with Crippen LogP contribution in [-0.4, -0.2) is 41.0 Å². The number of carbonyl (C=O) groups is 1. The quantitative estimate of drug-likeness (QED) is 0.396. The second-order valence-corrected chi connectivity index (χ2v) is 5.79. The van der Waals surface area contributed by atoms with Crippen molar-refractivity contribution < 1.29 is 15.0 Å². The lowest BCUT2D eigenvalue weighted by molar-refractivity contribution is -0.121. The number of amides is 1. The summed E-state index contributed by atoms with van der Waals surface area (Å²) < 4.78 is 3.47. The third-order valence-corrected chi connectivity index (χ3v) is 3.94. The zero-order valence-electron chi connectivity index (χ0n) is 14.4. The zero-order valence-corrected chi connectivity index (χ0v) is 14.4. The van der Waals surface area contributed by atoms with Crippen molar-refractivity contribution in [3.8, 4) is 11.5 Å². The lowest BCUT2D eigenvalue weighted by Gasteiger charge is -2.06. The Bertz CT molecular complexity index is 1190. The van der Waals surface area contributed by atoms with Gasteiger partial charge in [-0.1, -0.05) is 0 Å². The number of rotatable bonds is 4. The molecule has 0 saturated carbocycles. The summed E-state index contributed by atoms with van der Waals surface area (Å²) in [4.78, 5) is 40.3. The van der Waals surface area contributed by atoms with Gasteiger partial charge in [0.25, 0.3) is 11.5 Å². The molecule has 0 radical (unpaired) electrons. The number of hydrogen-bond acceptors (Lipinski definition) is 7. The molecule has 1 amide bonds. The molecule has 0 fully saturated rings. The maximum Gasteiger partial charge on any atom is 0.332 e. The van der Waals surface area contributed by atoms with Crippen LogP contribution >= 0.6 is 0 Å². The first-order chi connectivity index (χ1) is 12.8. The van der Waals surface area contributed by atoms with Gasteiger partial charge in [-0.15, -0.1) is 0 Å². The third kappa shape index (κ3) is 3.29. The van der Waals surface area contributed by atoms with Gasteiger partial charge in [0.05, 0.1) is 12.5 Å². The number of hydrazone groups is 1. The van der Waals surface area contributed by atoms with Crippen molar-refractivity contribution in [2.24, 2.45) is 19.2 Å². The van der Waals surface area contributed by atoms with Crippen molar-refractivity contribution >= 4 is 23.3 Å². The maximum atomic E-state index is 12.3.